The lowest BCUT2D eigenvalue weighted by Gasteiger charge is -2.34. The Kier molecular flexibility index (Phi) is 8.97. The molecular formula is C31H33N3O8. The van der Waals surface area contributed by atoms with Crippen LogP contribution in [0.1, 0.15) is 59.7 Å². The fraction of sp³-hybridized carbons (Fsp3) is 0.387. The highest BCUT2D eigenvalue weighted by atomic mass is 16.7. The Balaban J connectivity index is 1.24. The van der Waals surface area contributed by atoms with Crippen LogP contribution in [-0.2, 0) is 23.9 Å². The molecule has 220 valence electrons. The Bertz CT molecular complexity index is 1360. The monoisotopic (exact) mass is 575 g/mol. The summed E-state index contributed by atoms with van der Waals surface area (Å²) in [5, 5.41) is 5.65. The smallest absolute Gasteiger partial charge is 0.343 e. The van der Waals surface area contributed by atoms with Crippen molar-refractivity contribution in [2.45, 2.75) is 69.5 Å². The minimum absolute atomic E-state index is 0.00777. The van der Waals surface area contributed by atoms with Crippen LogP contribution in [0, 0.1) is 0 Å². The molecule has 2 saturated heterocycles. The molecule has 0 saturated carbocycles. The number of benzene rings is 2. The van der Waals surface area contributed by atoms with E-state index >= 15 is 0 Å². The van der Waals surface area contributed by atoms with Crippen molar-refractivity contribution in [3.05, 3.63) is 77.9 Å². The lowest BCUT2D eigenvalue weighted by atomic mass is 10.0. The van der Waals surface area contributed by atoms with E-state index in [-0.39, 0.29) is 42.0 Å². The van der Waals surface area contributed by atoms with Gasteiger partial charge in [0.1, 0.15) is 23.9 Å². The van der Waals surface area contributed by atoms with E-state index < -0.39 is 42.3 Å². The average molecular weight is 576 g/mol. The summed E-state index contributed by atoms with van der Waals surface area (Å²) in [6.07, 6.45) is 4.93. The number of rotatable bonds is 8. The summed E-state index contributed by atoms with van der Waals surface area (Å²) in [5.41, 5.74) is 0.690. The molecule has 3 heterocycles. The third-order valence-corrected chi connectivity index (χ3v) is 7.57. The van der Waals surface area contributed by atoms with E-state index in [0.29, 0.717) is 31.4 Å². The second-order valence-electron chi connectivity index (χ2n) is 10.4. The maximum atomic E-state index is 13.8. The quantitative estimate of drug-likeness (QED) is 0.278. The van der Waals surface area contributed by atoms with E-state index in [4.69, 9.17) is 14.2 Å². The lowest BCUT2D eigenvalue weighted by Crippen LogP contribution is -2.57. The van der Waals surface area contributed by atoms with Crippen LogP contribution < -0.4 is 15.4 Å². The van der Waals surface area contributed by atoms with Crippen LogP contribution in [0.25, 0.3) is 0 Å². The van der Waals surface area contributed by atoms with E-state index in [1.807, 2.05) is 12.2 Å². The van der Waals surface area contributed by atoms with Gasteiger partial charge in [-0.1, -0.05) is 30.4 Å². The Morgan fingerprint density at radius 1 is 0.929 bits per heavy atom. The summed E-state index contributed by atoms with van der Waals surface area (Å²) < 4.78 is 16.0. The second-order valence-corrected chi connectivity index (χ2v) is 10.4. The van der Waals surface area contributed by atoms with Gasteiger partial charge in [0.05, 0.1) is 12.0 Å². The van der Waals surface area contributed by atoms with Gasteiger partial charge in [-0.15, -0.1) is 0 Å². The summed E-state index contributed by atoms with van der Waals surface area (Å²) >= 11 is 0. The number of ether oxygens (including phenoxy) is 3. The van der Waals surface area contributed by atoms with Gasteiger partial charge in [-0.25, -0.2) is 4.79 Å². The van der Waals surface area contributed by atoms with Crippen LogP contribution in [0.3, 0.4) is 0 Å². The highest BCUT2D eigenvalue weighted by Gasteiger charge is 2.45. The van der Waals surface area contributed by atoms with Crippen LogP contribution in [0.2, 0.25) is 0 Å². The van der Waals surface area contributed by atoms with Gasteiger partial charge in [-0.05, 0) is 69.0 Å². The predicted octanol–water partition coefficient (Wildman–Crippen LogP) is 2.51. The number of hydrogen-bond donors (Lipinski definition) is 2. The number of fused-ring (bicyclic) bond motifs is 1. The van der Waals surface area contributed by atoms with Crippen molar-refractivity contribution in [2.24, 2.45) is 0 Å². The van der Waals surface area contributed by atoms with Crippen molar-refractivity contribution in [2.75, 3.05) is 6.61 Å². The molecule has 2 unspecified atom stereocenters. The lowest BCUT2D eigenvalue weighted by molar-refractivity contribution is -0.164. The summed E-state index contributed by atoms with van der Waals surface area (Å²) in [5.74, 6) is -1.89. The Hall–Kier alpha value is -4.51. The average Bonchev–Trinajstić information content (AvgIpc) is 3.56. The molecule has 0 spiro atoms. The molecule has 11 nitrogen and oxygen atoms in total. The molecule has 0 aromatic heterocycles. The standard InChI is InChI=1S/C31H33N3O8/c1-2-40-31-24(18-26(35)42-31)33-28(37)25-17-14-21-10-6-7-11-23(29(38)34(21)25)32-27(36)19-12-15-22(16-13-19)41-30(39)20-8-4-3-5-9-20/h3-9,12-13,15-16,21,23-25,31H,2,10-11,14,17-18H2,1H3,(H,32,36)(H,33,37)/b7-6-/t21-,23+,24?,25+,31?/m1/s1. The molecule has 2 N–H and O–H groups in total. The van der Waals surface area contributed by atoms with E-state index in [9.17, 15) is 24.0 Å². The van der Waals surface area contributed by atoms with Gasteiger partial charge in [0.15, 0.2) is 0 Å². The zero-order chi connectivity index (χ0) is 29.6. The molecule has 3 aliphatic heterocycles. The second kappa shape index (κ2) is 13.0. The fourth-order valence-corrected chi connectivity index (χ4v) is 5.50. The number of nitrogens with one attached hydrogen (secondary N) is 2. The first-order valence-corrected chi connectivity index (χ1v) is 14.1. The molecule has 0 radical (unpaired) electrons. The Morgan fingerprint density at radius 3 is 2.40 bits per heavy atom. The minimum Gasteiger partial charge on any atom is -0.433 e. The maximum Gasteiger partial charge on any atom is 0.343 e. The zero-order valence-corrected chi connectivity index (χ0v) is 23.2. The van der Waals surface area contributed by atoms with E-state index in [1.54, 1.807) is 42.2 Å². The Labute approximate surface area is 243 Å². The number of carbonyl (C=O) groups excluding carboxylic acids is 5. The van der Waals surface area contributed by atoms with Crippen LogP contribution in [0.5, 0.6) is 5.75 Å². The number of hydrogen-bond acceptors (Lipinski definition) is 8. The van der Waals surface area contributed by atoms with Gasteiger partial charge in [0.2, 0.25) is 18.1 Å². The maximum absolute atomic E-state index is 13.8. The first kappa shape index (κ1) is 29.0. The molecule has 42 heavy (non-hydrogen) atoms. The third-order valence-electron chi connectivity index (χ3n) is 7.57. The van der Waals surface area contributed by atoms with E-state index in [2.05, 4.69) is 10.6 Å². The molecular weight excluding hydrogens is 542 g/mol. The molecule has 3 aliphatic rings. The summed E-state index contributed by atoms with van der Waals surface area (Å²) in [6.45, 7) is 2.08. The van der Waals surface area contributed by atoms with Crippen molar-refractivity contribution in [1.82, 2.24) is 15.5 Å². The molecule has 2 aromatic rings. The zero-order valence-electron chi connectivity index (χ0n) is 23.2. The fourth-order valence-electron chi connectivity index (χ4n) is 5.50. The molecule has 11 heteroatoms. The van der Waals surface area contributed by atoms with Crippen molar-refractivity contribution >= 4 is 29.7 Å². The van der Waals surface area contributed by atoms with Crippen molar-refractivity contribution in [3.8, 4) is 5.75 Å². The number of carbonyl (C=O) groups is 5. The van der Waals surface area contributed by atoms with Gasteiger partial charge in [0, 0.05) is 18.2 Å². The highest BCUT2D eigenvalue weighted by molar-refractivity contribution is 5.99. The number of nitrogens with zero attached hydrogens (tertiary/aromatic N) is 1. The summed E-state index contributed by atoms with van der Waals surface area (Å²) in [4.78, 5) is 65.9. The molecule has 3 amide bonds. The van der Waals surface area contributed by atoms with Crippen molar-refractivity contribution < 1.29 is 38.2 Å². The van der Waals surface area contributed by atoms with Gasteiger partial charge in [-0.3, -0.25) is 19.2 Å². The van der Waals surface area contributed by atoms with Gasteiger partial charge in [-0.2, -0.15) is 0 Å². The number of esters is 2. The van der Waals surface area contributed by atoms with Crippen LogP contribution >= 0.6 is 0 Å². The van der Waals surface area contributed by atoms with Gasteiger partial charge >= 0.3 is 11.9 Å². The van der Waals surface area contributed by atoms with Crippen molar-refractivity contribution in [1.29, 1.82) is 0 Å². The van der Waals surface area contributed by atoms with Gasteiger partial charge in [0.25, 0.3) is 5.91 Å². The minimum atomic E-state index is -0.881. The summed E-state index contributed by atoms with van der Waals surface area (Å²) in [7, 11) is 0. The number of amides is 3. The van der Waals surface area contributed by atoms with Crippen molar-refractivity contribution in [3.63, 3.8) is 0 Å². The highest BCUT2D eigenvalue weighted by Crippen LogP contribution is 2.30. The first-order chi connectivity index (χ1) is 20.3. The summed E-state index contributed by atoms with van der Waals surface area (Å²) in [6, 6.07) is 12.2. The van der Waals surface area contributed by atoms with E-state index in [1.165, 1.54) is 24.3 Å². The largest absolute Gasteiger partial charge is 0.433 e. The molecule has 5 atom stereocenters. The predicted molar refractivity (Wildman–Crippen MR) is 149 cm³/mol. The molecule has 0 bridgehead atoms. The first-order valence-electron chi connectivity index (χ1n) is 14.1. The topological polar surface area (TPSA) is 140 Å². The molecule has 2 fully saturated rings. The third kappa shape index (κ3) is 6.52. The SMILES string of the molecule is CCOC1OC(=O)CC1NC(=O)[C@@H]1CC[C@H]2C/C=C\C[C@H](NC(=O)c3ccc(OC(=O)c4ccccc4)cc3)C(=O)N21. The van der Waals surface area contributed by atoms with Crippen LogP contribution in [0.15, 0.2) is 66.7 Å². The van der Waals surface area contributed by atoms with Crippen LogP contribution in [-0.4, -0.2) is 71.6 Å². The number of cyclic esters (lactones) is 1. The molecule has 2 aromatic carbocycles. The molecule has 5 rings (SSSR count). The molecule has 0 aliphatic carbocycles. The Morgan fingerprint density at radius 2 is 1.67 bits per heavy atom. The van der Waals surface area contributed by atoms with E-state index in [0.717, 1.165) is 0 Å². The van der Waals surface area contributed by atoms with Gasteiger partial charge < -0.3 is 29.7 Å². The van der Waals surface area contributed by atoms with Crippen LogP contribution in [0.4, 0.5) is 0 Å². The normalized spacial score (nSPS) is 25.9.